The zero-order chi connectivity index (χ0) is 13.0. The van der Waals surface area contributed by atoms with Crippen LogP contribution in [0.2, 0.25) is 0 Å². The van der Waals surface area contributed by atoms with E-state index in [9.17, 15) is 0 Å². The molecular weight excluding hydrogens is 312 g/mol. The predicted molar refractivity (Wildman–Crippen MR) is 79.4 cm³/mol. The number of aromatic nitrogens is 1. The lowest BCUT2D eigenvalue weighted by Crippen LogP contribution is -2.09. The van der Waals surface area contributed by atoms with E-state index in [1.54, 1.807) is 18.4 Å². The molecule has 2 aromatic rings. The molecule has 0 spiro atoms. The zero-order valence-electron chi connectivity index (χ0n) is 10.4. The molecule has 2 rings (SSSR count). The first-order valence-electron chi connectivity index (χ1n) is 5.67. The van der Waals surface area contributed by atoms with Gasteiger partial charge in [-0.05, 0) is 41.2 Å². The van der Waals surface area contributed by atoms with Crippen LogP contribution >= 0.6 is 27.3 Å². The Morgan fingerprint density at radius 2 is 2.28 bits per heavy atom. The number of nitrogens with zero attached hydrogens (tertiary/aromatic N) is 1. The SMILES string of the molecule is CNCCc1nc(-c2ccc(OC)c(Br)c2)cs1. The third-order valence-electron chi connectivity index (χ3n) is 2.59. The molecule has 0 unspecified atom stereocenters. The van der Waals surface area contributed by atoms with Crippen molar-refractivity contribution in [2.75, 3.05) is 20.7 Å². The summed E-state index contributed by atoms with van der Waals surface area (Å²) in [6.45, 7) is 0.958. The number of hydrogen-bond acceptors (Lipinski definition) is 4. The van der Waals surface area contributed by atoms with Gasteiger partial charge in [0.05, 0.1) is 22.3 Å². The van der Waals surface area contributed by atoms with Gasteiger partial charge in [0.2, 0.25) is 0 Å². The molecule has 0 radical (unpaired) electrons. The third kappa shape index (κ3) is 3.10. The number of rotatable bonds is 5. The first kappa shape index (κ1) is 13.5. The molecule has 0 fully saturated rings. The van der Waals surface area contributed by atoms with E-state index in [0.717, 1.165) is 39.5 Å². The molecule has 18 heavy (non-hydrogen) atoms. The monoisotopic (exact) mass is 326 g/mol. The van der Waals surface area contributed by atoms with Crippen molar-refractivity contribution >= 4 is 27.3 Å². The molecule has 0 atom stereocenters. The average Bonchev–Trinajstić information content (AvgIpc) is 2.85. The molecule has 5 heteroatoms. The summed E-state index contributed by atoms with van der Waals surface area (Å²) in [5.41, 5.74) is 2.13. The second kappa shape index (κ2) is 6.31. The number of thiazole rings is 1. The highest BCUT2D eigenvalue weighted by Crippen LogP contribution is 2.31. The Balaban J connectivity index is 2.20. The van der Waals surface area contributed by atoms with Crippen LogP contribution in [0.25, 0.3) is 11.3 Å². The molecule has 0 bridgehead atoms. The maximum absolute atomic E-state index is 5.22. The van der Waals surface area contributed by atoms with Gasteiger partial charge in [-0.1, -0.05) is 0 Å². The Morgan fingerprint density at radius 1 is 1.44 bits per heavy atom. The van der Waals surface area contributed by atoms with E-state index >= 15 is 0 Å². The summed E-state index contributed by atoms with van der Waals surface area (Å²) in [5, 5.41) is 6.39. The van der Waals surface area contributed by atoms with Gasteiger partial charge in [0.25, 0.3) is 0 Å². The average molecular weight is 327 g/mol. The highest BCUT2D eigenvalue weighted by atomic mass is 79.9. The van der Waals surface area contributed by atoms with Gasteiger partial charge in [0.1, 0.15) is 5.75 Å². The molecule has 1 heterocycles. The minimum Gasteiger partial charge on any atom is -0.496 e. The van der Waals surface area contributed by atoms with Gasteiger partial charge >= 0.3 is 0 Å². The summed E-state index contributed by atoms with van der Waals surface area (Å²) in [5.74, 6) is 0.837. The third-order valence-corrected chi connectivity index (χ3v) is 4.12. The fraction of sp³-hybridized carbons (Fsp3) is 0.308. The fourth-order valence-corrected chi connectivity index (χ4v) is 2.96. The van der Waals surface area contributed by atoms with Crippen LogP contribution in [0.4, 0.5) is 0 Å². The van der Waals surface area contributed by atoms with Crippen LogP contribution in [0.15, 0.2) is 28.1 Å². The smallest absolute Gasteiger partial charge is 0.133 e. The van der Waals surface area contributed by atoms with Gasteiger partial charge in [0.15, 0.2) is 0 Å². The van der Waals surface area contributed by atoms with Crippen molar-refractivity contribution < 1.29 is 4.74 Å². The summed E-state index contributed by atoms with van der Waals surface area (Å²) in [4.78, 5) is 4.63. The summed E-state index contributed by atoms with van der Waals surface area (Å²) in [7, 11) is 3.62. The topological polar surface area (TPSA) is 34.2 Å². The Hall–Kier alpha value is -0.910. The van der Waals surface area contributed by atoms with Crippen LogP contribution < -0.4 is 10.1 Å². The lowest BCUT2D eigenvalue weighted by Gasteiger charge is -2.04. The number of halogens is 1. The van der Waals surface area contributed by atoms with Crippen LogP contribution in [0, 0.1) is 0 Å². The number of benzene rings is 1. The zero-order valence-corrected chi connectivity index (χ0v) is 12.8. The first-order chi connectivity index (χ1) is 8.74. The second-order valence-corrected chi connectivity index (χ2v) is 5.63. The second-order valence-electron chi connectivity index (χ2n) is 3.83. The van der Waals surface area contributed by atoms with E-state index < -0.39 is 0 Å². The Morgan fingerprint density at radius 3 is 2.94 bits per heavy atom. The number of ether oxygens (including phenoxy) is 1. The molecule has 0 saturated carbocycles. The molecule has 0 amide bonds. The highest BCUT2D eigenvalue weighted by Gasteiger charge is 2.07. The van der Waals surface area contributed by atoms with Gasteiger partial charge in [0, 0.05) is 23.9 Å². The number of likely N-dealkylation sites (N-methyl/N-ethyl adjacent to an activating group) is 1. The molecule has 96 valence electrons. The van der Waals surface area contributed by atoms with Crippen molar-refractivity contribution in [2.45, 2.75) is 6.42 Å². The molecule has 0 saturated heterocycles. The lowest BCUT2D eigenvalue weighted by molar-refractivity contribution is 0.412. The van der Waals surface area contributed by atoms with Crippen LogP contribution in [0.5, 0.6) is 5.75 Å². The number of methoxy groups -OCH3 is 1. The van der Waals surface area contributed by atoms with Crippen LogP contribution in [-0.2, 0) is 6.42 Å². The fourth-order valence-electron chi connectivity index (χ4n) is 1.62. The normalized spacial score (nSPS) is 10.6. The van der Waals surface area contributed by atoms with Crippen molar-refractivity contribution in [3.63, 3.8) is 0 Å². The van der Waals surface area contributed by atoms with Crippen molar-refractivity contribution in [1.29, 1.82) is 0 Å². The van der Waals surface area contributed by atoms with E-state index in [4.69, 9.17) is 4.74 Å². The van der Waals surface area contributed by atoms with Gasteiger partial charge < -0.3 is 10.1 Å². The molecule has 1 aromatic heterocycles. The Labute approximate surface area is 119 Å². The highest BCUT2D eigenvalue weighted by molar-refractivity contribution is 9.10. The maximum Gasteiger partial charge on any atom is 0.133 e. The van der Waals surface area contributed by atoms with Crippen molar-refractivity contribution in [1.82, 2.24) is 10.3 Å². The van der Waals surface area contributed by atoms with Crippen LogP contribution in [-0.4, -0.2) is 25.7 Å². The summed E-state index contributed by atoms with van der Waals surface area (Å²) < 4.78 is 6.17. The largest absolute Gasteiger partial charge is 0.496 e. The first-order valence-corrected chi connectivity index (χ1v) is 7.34. The molecule has 1 N–H and O–H groups in total. The number of nitrogens with one attached hydrogen (secondary N) is 1. The maximum atomic E-state index is 5.22. The van der Waals surface area contributed by atoms with Crippen molar-refractivity contribution in [3.8, 4) is 17.0 Å². The summed E-state index contributed by atoms with van der Waals surface area (Å²) in [6.07, 6.45) is 0.971. The Kier molecular flexibility index (Phi) is 4.74. The molecule has 0 aliphatic rings. The van der Waals surface area contributed by atoms with Crippen LogP contribution in [0.1, 0.15) is 5.01 Å². The van der Waals surface area contributed by atoms with E-state index in [1.165, 1.54) is 0 Å². The molecule has 0 aliphatic carbocycles. The van der Waals surface area contributed by atoms with Crippen LogP contribution in [0.3, 0.4) is 0 Å². The molecular formula is C13H15BrN2OS. The minimum absolute atomic E-state index is 0.837. The number of hydrogen-bond donors (Lipinski definition) is 1. The van der Waals surface area contributed by atoms with Gasteiger partial charge in [-0.25, -0.2) is 4.98 Å². The molecule has 3 nitrogen and oxygen atoms in total. The minimum atomic E-state index is 0.837. The van der Waals surface area contributed by atoms with E-state index in [0.29, 0.717) is 0 Å². The Bertz CT molecular complexity index is 527. The van der Waals surface area contributed by atoms with Gasteiger partial charge in [-0.15, -0.1) is 11.3 Å². The quantitative estimate of drug-likeness (QED) is 0.915. The van der Waals surface area contributed by atoms with E-state index in [2.05, 4.69) is 31.6 Å². The summed E-state index contributed by atoms with van der Waals surface area (Å²) >= 11 is 5.20. The van der Waals surface area contributed by atoms with E-state index in [1.807, 2.05) is 25.2 Å². The lowest BCUT2D eigenvalue weighted by atomic mass is 10.2. The predicted octanol–water partition coefficient (Wildman–Crippen LogP) is 3.34. The molecule has 1 aromatic carbocycles. The van der Waals surface area contributed by atoms with E-state index in [-0.39, 0.29) is 0 Å². The van der Waals surface area contributed by atoms with Gasteiger partial charge in [-0.3, -0.25) is 0 Å². The molecule has 0 aliphatic heterocycles. The summed E-state index contributed by atoms with van der Waals surface area (Å²) in [6, 6.07) is 6.02. The van der Waals surface area contributed by atoms with Crippen molar-refractivity contribution in [3.05, 3.63) is 33.1 Å². The van der Waals surface area contributed by atoms with Gasteiger partial charge in [-0.2, -0.15) is 0 Å². The standard InChI is InChI=1S/C13H15BrN2OS/c1-15-6-5-13-16-11(8-18-13)9-3-4-12(17-2)10(14)7-9/h3-4,7-8,15H,5-6H2,1-2H3. The van der Waals surface area contributed by atoms with Crippen molar-refractivity contribution in [2.24, 2.45) is 0 Å².